The third kappa shape index (κ3) is 7.42. The van der Waals surface area contributed by atoms with E-state index in [1.165, 1.54) is 0 Å². The molecule has 0 aliphatic heterocycles. The molecule has 0 rings (SSSR count). The molecule has 0 amide bonds. The zero-order valence-electron chi connectivity index (χ0n) is 7.62. The number of hydrogen-bond donors (Lipinski definition) is 1. The molecule has 13 heavy (non-hydrogen) atoms. The molecule has 0 bridgehead atoms. The van der Waals surface area contributed by atoms with E-state index < -0.39 is 26.0 Å². The van der Waals surface area contributed by atoms with E-state index in [1.54, 1.807) is 13.2 Å². The predicted octanol–water partition coefficient (Wildman–Crippen LogP) is 0.259. The lowest BCUT2D eigenvalue weighted by molar-refractivity contribution is 0.560. The highest BCUT2D eigenvalue weighted by molar-refractivity contribution is 7.90. The minimum atomic E-state index is -3.35. The molecule has 0 aliphatic rings. The number of sulfonamides is 1. The normalized spacial score (nSPS) is 16.8. The van der Waals surface area contributed by atoms with E-state index in [4.69, 9.17) is 11.6 Å². The molecule has 80 valence electrons. The molecular formula is C6H14ClNO3S2. The van der Waals surface area contributed by atoms with Gasteiger partial charge in [0, 0.05) is 28.9 Å². The van der Waals surface area contributed by atoms with E-state index in [0.717, 1.165) is 0 Å². The average molecular weight is 248 g/mol. The standard InChI is InChI=1S/C6H14ClNO3S2/c1-6(3-4-12(2)9)8-13(10,11)5-7/h6,8H,3-5H2,1-2H3. The van der Waals surface area contributed by atoms with Crippen molar-refractivity contribution in [3.05, 3.63) is 0 Å². The fourth-order valence-corrected chi connectivity index (χ4v) is 2.41. The van der Waals surface area contributed by atoms with Gasteiger partial charge in [0.15, 0.2) is 0 Å². The van der Waals surface area contributed by atoms with Crippen molar-refractivity contribution in [3.63, 3.8) is 0 Å². The smallest absolute Gasteiger partial charge is 0.225 e. The van der Waals surface area contributed by atoms with E-state index in [2.05, 4.69) is 4.72 Å². The van der Waals surface area contributed by atoms with Crippen LogP contribution < -0.4 is 4.72 Å². The molecule has 0 spiro atoms. The average Bonchev–Trinajstić information content (AvgIpc) is 2.00. The summed E-state index contributed by atoms with van der Waals surface area (Å²) in [7, 11) is -4.23. The third-order valence-corrected chi connectivity index (χ3v) is 4.08. The van der Waals surface area contributed by atoms with Crippen molar-refractivity contribution in [2.24, 2.45) is 0 Å². The number of nitrogens with one attached hydrogen (secondary N) is 1. The molecule has 0 heterocycles. The first-order chi connectivity index (χ1) is 5.87. The third-order valence-electron chi connectivity index (χ3n) is 1.36. The maximum Gasteiger partial charge on any atom is 0.225 e. The van der Waals surface area contributed by atoms with Gasteiger partial charge in [0.05, 0.1) is 0 Å². The summed E-state index contributed by atoms with van der Waals surface area (Å²) in [4.78, 5) is 0. The van der Waals surface area contributed by atoms with Gasteiger partial charge >= 0.3 is 0 Å². The quantitative estimate of drug-likeness (QED) is 0.685. The van der Waals surface area contributed by atoms with Gasteiger partial charge in [0.2, 0.25) is 10.0 Å². The van der Waals surface area contributed by atoms with Crippen LogP contribution in [0.2, 0.25) is 0 Å². The lowest BCUT2D eigenvalue weighted by atomic mass is 10.3. The van der Waals surface area contributed by atoms with Crippen LogP contribution >= 0.6 is 11.6 Å². The lowest BCUT2D eigenvalue weighted by Crippen LogP contribution is -2.34. The minimum absolute atomic E-state index is 0.215. The largest absolute Gasteiger partial charge is 0.260 e. The number of hydrogen-bond acceptors (Lipinski definition) is 3. The maximum atomic E-state index is 10.9. The van der Waals surface area contributed by atoms with Crippen molar-refractivity contribution in [1.29, 1.82) is 0 Å². The molecule has 0 aromatic rings. The van der Waals surface area contributed by atoms with Crippen LogP contribution in [0.15, 0.2) is 0 Å². The second-order valence-corrected chi connectivity index (χ2v) is 6.70. The Morgan fingerprint density at radius 3 is 2.46 bits per heavy atom. The molecule has 0 saturated heterocycles. The molecule has 7 heteroatoms. The van der Waals surface area contributed by atoms with Gasteiger partial charge in [-0.3, -0.25) is 4.21 Å². The second-order valence-electron chi connectivity index (χ2n) is 2.81. The van der Waals surface area contributed by atoms with Crippen LogP contribution in [-0.4, -0.2) is 35.9 Å². The van der Waals surface area contributed by atoms with Crippen LogP contribution in [0.25, 0.3) is 0 Å². The lowest BCUT2D eigenvalue weighted by Gasteiger charge is -2.11. The van der Waals surface area contributed by atoms with Crippen LogP contribution in [0.5, 0.6) is 0 Å². The Balaban J connectivity index is 3.88. The fraction of sp³-hybridized carbons (Fsp3) is 1.00. The molecular weight excluding hydrogens is 234 g/mol. The second kappa shape index (κ2) is 5.95. The molecule has 2 unspecified atom stereocenters. The Morgan fingerprint density at radius 1 is 1.54 bits per heavy atom. The van der Waals surface area contributed by atoms with Crippen LogP contribution in [0.1, 0.15) is 13.3 Å². The van der Waals surface area contributed by atoms with Crippen LogP contribution in [0.3, 0.4) is 0 Å². The number of rotatable bonds is 6. The zero-order valence-corrected chi connectivity index (χ0v) is 10.0. The van der Waals surface area contributed by atoms with Gasteiger partial charge in [-0.1, -0.05) is 0 Å². The monoisotopic (exact) mass is 247 g/mol. The molecule has 0 radical (unpaired) electrons. The van der Waals surface area contributed by atoms with Crippen LogP contribution in [0.4, 0.5) is 0 Å². The molecule has 0 aromatic heterocycles. The Bertz CT molecular complexity index is 265. The summed E-state index contributed by atoms with van der Waals surface area (Å²) in [6.45, 7) is 1.72. The molecule has 0 fully saturated rings. The van der Waals surface area contributed by atoms with E-state index in [-0.39, 0.29) is 6.04 Å². The van der Waals surface area contributed by atoms with Crippen molar-refractivity contribution >= 4 is 32.4 Å². The van der Waals surface area contributed by atoms with Crippen molar-refractivity contribution in [2.45, 2.75) is 19.4 Å². The zero-order chi connectivity index (χ0) is 10.5. The van der Waals surface area contributed by atoms with E-state index in [1.807, 2.05) is 0 Å². The highest BCUT2D eigenvalue weighted by Crippen LogP contribution is 1.97. The van der Waals surface area contributed by atoms with Gasteiger partial charge in [-0.05, 0) is 13.3 Å². The molecule has 4 nitrogen and oxygen atoms in total. The first-order valence-electron chi connectivity index (χ1n) is 3.73. The number of alkyl halides is 1. The summed E-state index contributed by atoms with van der Waals surface area (Å²) in [5.74, 6) is 0.492. The Morgan fingerprint density at radius 2 is 2.08 bits per heavy atom. The maximum absolute atomic E-state index is 10.9. The summed E-state index contributed by atoms with van der Waals surface area (Å²) in [5, 5.41) is -0.438. The molecule has 1 N–H and O–H groups in total. The molecule has 2 atom stereocenters. The summed E-state index contributed by atoms with van der Waals surface area (Å²) in [6.07, 6.45) is 2.14. The van der Waals surface area contributed by atoms with Gasteiger partial charge in [0.25, 0.3) is 0 Å². The fourth-order valence-electron chi connectivity index (χ4n) is 0.740. The van der Waals surface area contributed by atoms with Gasteiger partial charge in [-0.2, -0.15) is 0 Å². The van der Waals surface area contributed by atoms with Gasteiger partial charge in [0.1, 0.15) is 5.21 Å². The molecule has 0 aromatic carbocycles. The minimum Gasteiger partial charge on any atom is -0.260 e. The van der Waals surface area contributed by atoms with Crippen LogP contribution in [-0.2, 0) is 20.8 Å². The molecule has 0 saturated carbocycles. The van der Waals surface area contributed by atoms with Crippen molar-refractivity contribution in [2.75, 3.05) is 17.2 Å². The van der Waals surface area contributed by atoms with Crippen molar-refractivity contribution in [3.8, 4) is 0 Å². The predicted molar refractivity (Wildman–Crippen MR) is 55.8 cm³/mol. The van der Waals surface area contributed by atoms with E-state index in [9.17, 15) is 12.6 Å². The Kier molecular flexibility index (Phi) is 6.11. The first kappa shape index (κ1) is 13.4. The first-order valence-corrected chi connectivity index (χ1v) is 7.65. The van der Waals surface area contributed by atoms with Gasteiger partial charge in [-0.15, -0.1) is 11.6 Å². The molecule has 0 aliphatic carbocycles. The van der Waals surface area contributed by atoms with Crippen molar-refractivity contribution < 1.29 is 12.6 Å². The highest BCUT2D eigenvalue weighted by Gasteiger charge is 2.12. The SMILES string of the molecule is CC(CCS(C)=O)NS(=O)(=O)CCl. The summed E-state index contributed by atoms with van der Waals surface area (Å²) >= 11 is 5.19. The summed E-state index contributed by atoms with van der Waals surface area (Å²) in [6, 6.07) is -0.215. The summed E-state index contributed by atoms with van der Waals surface area (Å²) in [5.41, 5.74) is 0. The topological polar surface area (TPSA) is 63.2 Å². The van der Waals surface area contributed by atoms with E-state index >= 15 is 0 Å². The highest BCUT2D eigenvalue weighted by atomic mass is 35.5. The van der Waals surface area contributed by atoms with Crippen molar-refractivity contribution in [1.82, 2.24) is 4.72 Å². The summed E-state index contributed by atoms with van der Waals surface area (Å²) < 4.78 is 34.9. The van der Waals surface area contributed by atoms with Gasteiger partial charge in [-0.25, -0.2) is 13.1 Å². The van der Waals surface area contributed by atoms with E-state index in [0.29, 0.717) is 12.2 Å². The van der Waals surface area contributed by atoms with Gasteiger partial charge < -0.3 is 0 Å². The van der Waals surface area contributed by atoms with Crippen LogP contribution in [0, 0.1) is 0 Å². The number of halogens is 1. The Hall–Kier alpha value is 0.350. The Labute approximate surface area is 86.6 Å².